The van der Waals surface area contributed by atoms with Crippen molar-refractivity contribution in [3.05, 3.63) is 12.2 Å². The molecule has 1 heterocycles. The minimum absolute atomic E-state index is 0.251. The van der Waals surface area contributed by atoms with E-state index in [1.165, 1.54) is 12.0 Å². The number of amides is 1. The lowest BCUT2D eigenvalue weighted by Crippen LogP contribution is -2.41. The predicted molar refractivity (Wildman–Crippen MR) is 57.9 cm³/mol. The molecule has 1 fully saturated rings. The average Bonchev–Trinajstić information content (AvgIpc) is 2.77. The fourth-order valence-electron chi connectivity index (χ4n) is 1.67. The standard InChI is InChI=1S/C11H17NO4/c1-3-4-8-16-10(13)9-6-5-7-12(9)11(14)15-2/h3-4,9H,5-8H2,1-2H3/b4-3-/t9-/m0/s1. The smallest absolute Gasteiger partial charge is 0.410 e. The number of likely N-dealkylation sites (tertiary alicyclic amines) is 1. The van der Waals surface area contributed by atoms with E-state index in [9.17, 15) is 9.59 Å². The van der Waals surface area contributed by atoms with Crippen molar-refractivity contribution in [1.29, 1.82) is 0 Å². The maximum Gasteiger partial charge on any atom is 0.410 e. The third kappa shape index (κ3) is 2.98. The largest absolute Gasteiger partial charge is 0.460 e. The van der Waals surface area contributed by atoms with Gasteiger partial charge in [-0.05, 0) is 19.8 Å². The Hall–Kier alpha value is -1.52. The second-order valence-corrected chi connectivity index (χ2v) is 3.52. The van der Waals surface area contributed by atoms with Crippen LogP contribution in [-0.2, 0) is 14.3 Å². The monoisotopic (exact) mass is 227 g/mol. The molecule has 0 aromatic rings. The van der Waals surface area contributed by atoms with Crippen LogP contribution in [0, 0.1) is 0 Å². The first-order valence-corrected chi connectivity index (χ1v) is 5.33. The van der Waals surface area contributed by atoms with E-state index in [4.69, 9.17) is 4.74 Å². The van der Waals surface area contributed by atoms with Crippen molar-refractivity contribution in [2.75, 3.05) is 20.3 Å². The van der Waals surface area contributed by atoms with E-state index in [-0.39, 0.29) is 12.6 Å². The van der Waals surface area contributed by atoms with Gasteiger partial charge in [0.2, 0.25) is 0 Å². The third-order valence-electron chi connectivity index (χ3n) is 2.49. The van der Waals surface area contributed by atoms with E-state index in [1.54, 1.807) is 12.2 Å². The molecular formula is C11H17NO4. The van der Waals surface area contributed by atoms with Gasteiger partial charge in [0.25, 0.3) is 0 Å². The van der Waals surface area contributed by atoms with Crippen LogP contribution in [0.4, 0.5) is 4.79 Å². The summed E-state index contributed by atoms with van der Waals surface area (Å²) in [6, 6.07) is -0.488. The van der Waals surface area contributed by atoms with Crippen LogP contribution in [0.3, 0.4) is 0 Å². The molecule has 1 aliphatic heterocycles. The fraction of sp³-hybridized carbons (Fsp3) is 0.636. The first-order valence-electron chi connectivity index (χ1n) is 5.33. The SMILES string of the molecule is C/C=C\COC(=O)[C@@H]1CCCN1C(=O)OC. The van der Waals surface area contributed by atoms with Crippen LogP contribution in [0.15, 0.2) is 12.2 Å². The van der Waals surface area contributed by atoms with Crippen molar-refractivity contribution in [3.8, 4) is 0 Å². The van der Waals surface area contributed by atoms with Gasteiger partial charge in [0, 0.05) is 6.54 Å². The number of hydrogen-bond acceptors (Lipinski definition) is 4. The highest BCUT2D eigenvalue weighted by atomic mass is 16.6. The summed E-state index contributed by atoms with van der Waals surface area (Å²) in [5, 5.41) is 0. The lowest BCUT2D eigenvalue weighted by molar-refractivity contribution is -0.147. The van der Waals surface area contributed by atoms with Gasteiger partial charge < -0.3 is 9.47 Å². The Kier molecular flexibility index (Phi) is 4.82. The molecule has 0 spiro atoms. The summed E-state index contributed by atoms with van der Waals surface area (Å²) in [6.45, 7) is 2.65. The lowest BCUT2D eigenvalue weighted by atomic mass is 10.2. The first-order chi connectivity index (χ1) is 7.70. The number of methoxy groups -OCH3 is 1. The van der Waals surface area contributed by atoms with E-state index in [0.29, 0.717) is 13.0 Å². The molecule has 0 aliphatic carbocycles. The molecule has 90 valence electrons. The maximum atomic E-state index is 11.6. The summed E-state index contributed by atoms with van der Waals surface area (Å²) in [7, 11) is 1.31. The number of nitrogens with zero attached hydrogens (tertiary/aromatic N) is 1. The third-order valence-corrected chi connectivity index (χ3v) is 2.49. The van der Waals surface area contributed by atoms with Gasteiger partial charge in [0.05, 0.1) is 7.11 Å². The Morgan fingerprint density at radius 1 is 1.50 bits per heavy atom. The van der Waals surface area contributed by atoms with Gasteiger partial charge in [-0.25, -0.2) is 9.59 Å². The van der Waals surface area contributed by atoms with Crippen molar-refractivity contribution < 1.29 is 19.1 Å². The van der Waals surface area contributed by atoms with Crippen LogP contribution < -0.4 is 0 Å². The highest BCUT2D eigenvalue weighted by Crippen LogP contribution is 2.19. The Labute approximate surface area is 95.0 Å². The van der Waals surface area contributed by atoms with Gasteiger partial charge in [-0.2, -0.15) is 0 Å². The van der Waals surface area contributed by atoms with Crippen LogP contribution in [-0.4, -0.2) is 43.3 Å². The van der Waals surface area contributed by atoms with Crippen molar-refractivity contribution in [2.24, 2.45) is 0 Å². The second-order valence-electron chi connectivity index (χ2n) is 3.52. The zero-order valence-electron chi connectivity index (χ0n) is 9.64. The Bertz CT molecular complexity index is 288. The summed E-state index contributed by atoms with van der Waals surface area (Å²) < 4.78 is 9.62. The van der Waals surface area contributed by atoms with Gasteiger partial charge in [0.1, 0.15) is 12.6 Å². The Morgan fingerprint density at radius 3 is 2.88 bits per heavy atom. The highest BCUT2D eigenvalue weighted by molar-refractivity contribution is 5.82. The molecular weight excluding hydrogens is 210 g/mol. The Morgan fingerprint density at radius 2 is 2.25 bits per heavy atom. The number of esters is 1. The summed E-state index contributed by atoms with van der Waals surface area (Å²) in [4.78, 5) is 24.4. The molecule has 0 aromatic carbocycles. The van der Waals surface area contributed by atoms with Crippen molar-refractivity contribution in [1.82, 2.24) is 4.90 Å². The molecule has 5 heteroatoms. The topological polar surface area (TPSA) is 55.8 Å². The van der Waals surface area contributed by atoms with Gasteiger partial charge in [-0.3, -0.25) is 4.90 Å². The lowest BCUT2D eigenvalue weighted by Gasteiger charge is -2.21. The molecule has 5 nitrogen and oxygen atoms in total. The van der Waals surface area contributed by atoms with E-state index in [1.807, 2.05) is 6.92 Å². The number of rotatable bonds is 3. The highest BCUT2D eigenvalue weighted by Gasteiger charge is 2.35. The zero-order chi connectivity index (χ0) is 12.0. The zero-order valence-corrected chi connectivity index (χ0v) is 9.64. The molecule has 0 unspecified atom stereocenters. The molecule has 0 bridgehead atoms. The number of allylic oxidation sites excluding steroid dienone is 1. The molecule has 0 aromatic heterocycles. The maximum absolute atomic E-state index is 11.6. The molecule has 1 saturated heterocycles. The van der Waals surface area contributed by atoms with Crippen LogP contribution in [0.25, 0.3) is 0 Å². The molecule has 1 atom stereocenters. The Balaban J connectivity index is 2.50. The first kappa shape index (κ1) is 12.5. The summed E-state index contributed by atoms with van der Waals surface area (Å²) in [5.74, 6) is -0.360. The molecule has 0 radical (unpaired) electrons. The van der Waals surface area contributed by atoms with E-state index in [2.05, 4.69) is 4.74 Å². The number of ether oxygens (including phenoxy) is 2. The minimum Gasteiger partial charge on any atom is -0.460 e. The molecule has 1 amide bonds. The minimum atomic E-state index is -0.488. The summed E-state index contributed by atoms with van der Waals surface area (Å²) in [6.07, 6.45) is 4.53. The summed E-state index contributed by atoms with van der Waals surface area (Å²) in [5.41, 5.74) is 0. The van der Waals surface area contributed by atoms with Crippen molar-refractivity contribution in [3.63, 3.8) is 0 Å². The van der Waals surface area contributed by atoms with E-state index < -0.39 is 12.1 Å². The van der Waals surface area contributed by atoms with Gasteiger partial charge >= 0.3 is 12.1 Å². The van der Waals surface area contributed by atoms with Crippen LogP contribution in [0.1, 0.15) is 19.8 Å². The van der Waals surface area contributed by atoms with E-state index >= 15 is 0 Å². The number of hydrogen-bond donors (Lipinski definition) is 0. The normalized spacial score (nSPS) is 20.1. The fourth-order valence-corrected chi connectivity index (χ4v) is 1.67. The number of carbonyl (C=O) groups excluding carboxylic acids is 2. The number of carbonyl (C=O) groups is 2. The van der Waals surface area contributed by atoms with E-state index in [0.717, 1.165) is 6.42 Å². The predicted octanol–water partition coefficient (Wildman–Crippen LogP) is 1.34. The van der Waals surface area contributed by atoms with Gasteiger partial charge in [0.15, 0.2) is 0 Å². The van der Waals surface area contributed by atoms with Crippen LogP contribution in [0.2, 0.25) is 0 Å². The van der Waals surface area contributed by atoms with Crippen molar-refractivity contribution in [2.45, 2.75) is 25.8 Å². The van der Waals surface area contributed by atoms with Crippen LogP contribution in [0.5, 0.6) is 0 Å². The molecule has 16 heavy (non-hydrogen) atoms. The molecule has 0 N–H and O–H groups in total. The van der Waals surface area contributed by atoms with Gasteiger partial charge in [-0.15, -0.1) is 0 Å². The molecule has 0 saturated carbocycles. The molecule has 1 aliphatic rings. The summed E-state index contributed by atoms with van der Waals surface area (Å²) >= 11 is 0. The van der Waals surface area contributed by atoms with Crippen LogP contribution >= 0.6 is 0 Å². The molecule has 1 rings (SSSR count). The second kappa shape index (κ2) is 6.15. The quantitative estimate of drug-likeness (QED) is 0.539. The van der Waals surface area contributed by atoms with Gasteiger partial charge in [-0.1, -0.05) is 12.2 Å². The average molecular weight is 227 g/mol. The van der Waals surface area contributed by atoms with Crippen molar-refractivity contribution >= 4 is 12.1 Å².